The number of anilines is 2. The molecule has 0 amide bonds. The molecule has 0 bridgehead atoms. The molecule has 1 aromatic heterocycles. The number of aromatic amines is 1. The average Bonchev–Trinajstić information content (AvgIpc) is 1.94. The van der Waals surface area contributed by atoms with Crippen LogP contribution >= 0.6 is 0 Å². The fourth-order valence-electron chi connectivity index (χ4n) is 0.798. The van der Waals surface area contributed by atoms with Gasteiger partial charge in [-0.2, -0.15) is 13.2 Å². The van der Waals surface area contributed by atoms with E-state index in [9.17, 15) is 18.0 Å². The summed E-state index contributed by atoms with van der Waals surface area (Å²) in [6, 6.07) is 0.779. The van der Waals surface area contributed by atoms with E-state index in [0.717, 1.165) is 6.07 Å². The van der Waals surface area contributed by atoms with Crippen LogP contribution in [0.25, 0.3) is 0 Å². The van der Waals surface area contributed by atoms with Crippen LogP contribution in [0.15, 0.2) is 10.9 Å². The molecule has 4 nitrogen and oxygen atoms in total. The first-order valence-electron chi connectivity index (χ1n) is 3.18. The number of hydrogen-bond acceptors (Lipinski definition) is 3. The minimum Gasteiger partial charge on any atom is -0.397 e. The number of aromatic nitrogens is 1. The Morgan fingerprint density at radius 1 is 1.23 bits per heavy atom. The number of H-pyrrole nitrogens is 1. The van der Waals surface area contributed by atoms with Crippen LogP contribution in [0.5, 0.6) is 0 Å². The molecule has 0 spiro atoms. The number of nitrogen functional groups attached to an aromatic ring is 2. The molecule has 0 aliphatic carbocycles. The van der Waals surface area contributed by atoms with Gasteiger partial charge in [-0.3, -0.25) is 4.79 Å². The summed E-state index contributed by atoms with van der Waals surface area (Å²) in [4.78, 5) is 12.3. The van der Waals surface area contributed by atoms with Crippen LogP contribution in [0.3, 0.4) is 0 Å². The third-order valence-corrected chi connectivity index (χ3v) is 1.38. The maximum Gasteiger partial charge on any atom is 0.433 e. The topological polar surface area (TPSA) is 84.9 Å². The van der Waals surface area contributed by atoms with E-state index in [1.165, 1.54) is 0 Å². The Balaban J connectivity index is 3.41. The molecule has 1 rings (SSSR count). The van der Waals surface area contributed by atoms with Gasteiger partial charge in [0.2, 0.25) is 0 Å². The van der Waals surface area contributed by atoms with E-state index in [4.69, 9.17) is 11.5 Å². The first kappa shape index (κ1) is 9.43. The van der Waals surface area contributed by atoms with Gasteiger partial charge in [-0.05, 0) is 6.07 Å². The van der Waals surface area contributed by atoms with E-state index in [0.29, 0.717) is 0 Å². The predicted octanol–water partition coefficient (Wildman–Crippen LogP) is 0.558. The first-order valence-corrected chi connectivity index (χ1v) is 3.18. The summed E-state index contributed by atoms with van der Waals surface area (Å²) in [7, 11) is 0. The van der Waals surface area contributed by atoms with E-state index in [1.54, 1.807) is 4.98 Å². The van der Waals surface area contributed by atoms with E-state index < -0.39 is 23.1 Å². The molecule has 1 heterocycles. The van der Waals surface area contributed by atoms with E-state index >= 15 is 0 Å². The molecule has 0 fully saturated rings. The molecular weight excluding hydrogens is 187 g/mol. The predicted molar refractivity (Wildman–Crippen MR) is 40.9 cm³/mol. The van der Waals surface area contributed by atoms with Gasteiger partial charge in [0.25, 0.3) is 5.56 Å². The lowest BCUT2D eigenvalue weighted by molar-refractivity contribution is -0.140. The quantitative estimate of drug-likeness (QED) is 0.562. The molecule has 72 valence electrons. The van der Waals surface area contributed by atoms with Crippen LogP contribution < -0.4 is 17.0 Å². The number of pyridine rings is 1. The van der Waals surface area contributed by atoms with Crippen molar-refractivity contribution in [1.29, 1.82) is 0 Å². The number of rotatable bonds is 0. The van der Waals surface area contributed by atoms with Crippen molar-refractivity contribution < 1.29 is 13.2 Å². The van der Waals surface area contributed by atoms with Crippen molar-refractivity contribution in [2.75, 3.05) is 11.5 Å². The zero-order chi connectivity index (χ0) is 10.2. The highest BCUT2D eigenvalue weighted by molar-refractivity contribution is 5.53. The number of hydrogen-bond donors (Lipinski definition) is 3. The fraction of sp³-hybridized carbons (Fsp3) is 0.167. The van der Waals surface area contributed by atoms with Crippen LogP contribution in [-0.2, 0) is 6.18 Å². The Labute approximate surface area is 70.4 Å². The minimum atomic E-state index is -4.67. The molecule has 0 aromatic carbocycles. The maximum atomic E-state index is 12.1. The third-order valence-electron chi connectivity index (χ3n) is 1.38. The highest BCUT2D eigenvalue weighted by atomic mass is 19.4. The van der Waals surface area contributed by atoms with Crippen molar-refractivity contribution in [2.24, 2.45) is 0 Å². The molecule has 0 atom stereocenters. The second-order valence-electron chi connectivity index (χ2n) is 2.38. The van der Waals surface area contributed by atoms with Gasteiger partial charge in [0.1, 0.15) is 5.69 Å². The molecule has 0 aliphatic heterocycles. The summed E-state index contributed by atoms with van der Waals surface area (Å²) >= 11 is 0. The Morgan fingerprint density at radius 2 is 1.77 bits per heavy atom. The monoisotopic (exact) mass is 193 g/mol. The maximum absolute atomic E-state index is 12.1. The molecule has 7 heteroatoms. The van der Waals surface area contributed by atoms with Gasteiger partial charge in [-0.15, -0.1) is 0 Å². The summed E-state index contributed by atoms with van der Waals surface area (Å²) in [6.07, 6.45) is -4.67. The number of nitrogens with two attached hydrogens (primary N) is 2. The van der Waals surface area contributed by atoms with Crippen LogP contribution in [0.1, 0.15) is 5.69 Å². The van der Waals surface area contributed by atoms with Gasteiger partial charge in [-0.1, -0.05) is 0 Å². The van der Waals surface area contributed by atoms with E-state index in [1.807, 2.05) is 0 Å². The van der Waals surface area contributed by atoms with Crippen LogP contribution in [0.4, 0.5) is 24.5 Å². The SMILES string of the molecule is Nc1cc(N)c(=O)[nH]c1C(F)(F)F. The lowest BCUT2D eigenvalue weighted by Gasteiger charge is -2.09. The molecule has 0 saturated heterocycles. The Morgan fingerprint density at radius 3 is 2.23 bits per heavy atom. The van der Waals surface area contributed by atoms with Crippen molar-refractivity contribution in [3.63, 3.8) is 0 Å². The molecule has 1 aromatic rings. The zero-order valence-corrected chi connectivity index (χ0v) is 6.27. The second kappa shape index (κ2) is 2.68. The van der Waals surface area contributed by atoms with Gasteiger partial charge in [0, 0.05) is 0 Å². The fourth-order valence-corrected chi connectivity index (χ4v) is 0.798. The third kappa shape index (κ3) is 1.74. The highest BCUT2D eigenvalue weighted by Crippen LogP contribution is 2.31. The van der Waals surface area contributed by atoms with Crippen LogP contribution in [0.2, 0.25) is 0 Å². The Hall–Kier alpha value is -1.66. The molecule has 0 radical (unpaired) electrons. The van der Waals surface area contributed by atoms with Crippen LogP contribution in [0, 0.1) is 0 Å². The Bertz CT molecular complexity index is 382. The normalized spacial score (nSPS) is 11.6. The molecule has 0 saturated carbocycles. The van der Waals surface area contributed by atoms with Gasteiger partial charge in [0.05, 0.1) is 11.4 Å². The Kier molecular flexibility index (Phi) is 1.94. The lowest BCUT2D eigenvalue weighted by Crippen LogP contribution is -2.20. The molecular formula is C6H6F3N3O. The minimum absolute atomic E-state index is 0.342. The van der Waals surface area contributed by atoms with E-state index in [2.05, 4.69) is 0 Å². The number of halogens is 3. The molecule has 0 unspecified atom stereocenters. The van der Waals surface area contributed by atoms with Gasteiger partial charge in [0.15, 0.2) is 0 Å². The lowest BCUT2D eigenvalue weighted by atomic mass is 10.3. The second-order valence-corrected chi connectivity index (χ2v) is 2.38. The van der Waals surface area contributed by atoms with E-state index in [-0.39, 0.29) is 5.69 Å². The van der Waals surface area contributed by atoms with Gasteiger partial charge >= 0.3 is 6.18 Å². The molecule has 5 N–H and O–H groups in total. The number of nitrogens with one attached hydrogen (secondary N) is 1. The average molecular weight is 193 g/mol. The van der Waals surface area contributed by atoms with Gasteiger partial charge in [-0.25, -0.2) is 0 Å². The highest BCUT2D eigenvalue weighted by Gasteiger charge is 2.34. The van der Waals surface area contributed by atoms with Crippen LogP contribution in [-0.4, -0.2) is 4.98 Å². The van der Waals surface area contributed by atoms with Crippen molar-refractivity contribution >= 4 is 11.4 Å². The summed E-state index contributed by atoms with van der Waals surface area (Å²) in [5, 5.41) is 0. The molecule has 0 aliphatic rings. The van der Waals surface area contributed by atoms with Gasteiger partial charge < -0.3 is 16.5 Å². The largest absolute Gasteiger partial charge is 0.433 e. The molecule has 13 heavy (non-hydrogen) atoms. The van der Waals surface area contributed by atoms with Crippen molar-refractivity contribution in [2.45, 2.75) is 6.18 Å². The van der Waals surface area contributed by atoms with Crippen molar-refractivity contribution in [1.82, 2.24) is 4.98 Å². The first-order chi connectivity index (χ1) is 5.82. The van der Waals surface area contributed by atoms with Crippen molar-refractivity contribution in [3.8, 4) is 0 Å². The smallest absolute Gasteiger partial charge is 0.397 e. The number of alkyl halides is 3. The zero-order valence-electron chi connectivity index (χ0n) is 6.27. The summed E-state index contributed by atoms with van der Waals surface area (Å²) < 4.78 is 36.2. The standard InChI is InChI=1S/C6H6F3N3O/c7-6(8,9)4-2(10)1-3(11)5(13)12-4/h1H,10-11H2,(H,12,13). The summed E-state index contributed by atoms with van der Waals surface area (Å²) in [5.41, 5.74) is 6.84. The summed E-state index contributed by atoms with van der Waals surface area (Å²) in [6.45, 7) is 0. The summed E-state index contributed by atoms with van der Waals surface area (Å²) in [5.74, 6) is 0. The van der Waals surface area contributed by atoms with Crippen molar-refractivity contribution in [3.05, 3.63) is 22.1 Å².